The number of fused-ring (bicyclic) bond motifs is 2. The Morgan fingerprint density at radius 1 is 1.00 bits per heavy atom. The molecule has 1 aliphatic heterocycles. The first-order valence-corrected chi connectivity index (χ1v) is 8.99. The van der Waals surface area contributed by atoms with Crippen LogP contribution < -0.4 is 27.3 Å². The lowest BCUT2D eigenvalue weighted by Crippen LogP contribution is -2.15. The van der Waals surface area contributed by atoms with Crippen LogP contribution >= 0.6 is 0 Å². The molecule has 2 heterocycles. The van der Waals surface area contributed by atoms with Gasteiger partial charge in [0.1, 0.15) is 23.1 Å². The Labute approximate surface area is 162 Å². The van der Waals surface area contributed by atoms with Gasteiger partial charge in [-0.15, -0.1) is 0 Å². The van der Waals surface area contributed by atoms with Crippen LogP contribution in [-0.2, 0) is 0 Å². The molecule has 8 nitrogen and oxygen atoms in total. The highest BCUT2D eigenvalue weighted by molar-refractivity contribution is 6.07. The molecule has 1 aliphatic rings. The number of nitrogens with one attached hydrogen (secondary N) is 1. The fraction of sp³-hybridized carbons (Fsp3) is 0.150. The molecule has 0 atom stereocenters. The molecule has 3 aromatic rings. The minimum Gasteiger partial charge on any atom is -0.454 e. The molecule has 7 N–H and O–H groups in total. The summed E-state index contributed by atoms with van der Waals surface area (Å²) in [5.74, 6) is 2.26. The molecule has 0 saturated carbocycles. The minimum absolute atomic E-state index is 0.178. The lowest BCUT2D eigenvalue weighted by Gasteiger charge is -2.14. The molecule has 0 radical (unpaired) electrons. The third-order valence-corrected chi connectivity index (χ3v) is 4.31. The summed E-state index contributed by atoms with van der Waals surface area (Å²) in [5.41, 5.74) is 21.4. The molecule has 0 saturated heterocycles. The molecule has 0 fully saturated rings. The number of anilines is 3. The van der Waals surface area contributed by atoms with E-state index in [0.29, 0.717) is 45.8 Å². The predicted octanol–water partition coefficient (Wildman–Crippen LogP) is 3.27. The molecule has 0 unspecified atom stereocenters. The number of nitrogen functional groups attached to an aromatic ring is 2. The van der Waals surface area contributed by atoms with Crippen LogP contribution in [0.2, 0.25) is 0 Å². The summed E-state index contributed by atoms with van der Waals surface area (Å²) in [6, 6.07) is 12.9. The highest BCUT2D eigenvalue weighted by atomic mass is 16.5. The molecule has 2 aromatic carbocycles. The van der Waals surface area contributed by atoms with Gasteiger partial charge in [0.05, 0.1) is 11.3 Å². The number of benzene rings is 2. The summed E-state index contributed by atoms with van der Waals surface area (Å²) in [5, 5.41) is 3.22. The van der Waals surface area contributed by atoms with E-state index in [1.54, 1.807) is 6.07 Å². The maximum absolute atomic E-state index is 6.30. The highest BCUT2D eigenvalue weighted by Gasteiger charge is 2.21. The van der Waals surface area contributed by atoms with Gasteiger partial charge < -0.3 is 27.3 Å². The van der Waals surface area contributed by atoms with E-state index in [1.165, 1.54) is 0 Å². The van der Waals surface area contributed by atoms with Crippen molar-refractivity contribution in [2.45, 2.75) is 13.3 Å². The monoisotopic (exact) mass is 375 g/mol. The van der Waals surface area contributed by atoms with E-state index in [0.717, 1.165) is 18.5 Å². The van der Waals surface area contributed by atoms with Gasteiger partial charge in [-0.2, -0.15) is 4.98 Å². The van der Waals surface area contributed by atoms with Crippen LogP contribution in [0.5, 0.6) is 11.5 Å². The quantitative estimate of drug-likeness (QED) is 0.513. The Balaban J connectivity index is 1.82. The van der Waals surface area contributed by atoms with E-state index < -0.39 is 0 Å². The Bertz CT molecular complexity index is 1080. The van der Waals surface area contributed by atoms with Crippen LogP contribution in [0, 0.1) is 0 Å². The number of amidine groups is 1. The fourth-order valence-corrected chi connectivity index (χ4v) is 3.04. The molecule has 0 amide bonds. The van der Waals surface area contributed by atoms with E-state index in [1.807, 2.05) is 36.4 Å². The van der Waals surface area contributed by atoms with Crippen molar-refractivity contribution in [3.63, 3.8) is 0 Å². The molecule has 0 bridgehead atoms. The summed E-state index contributed by atoms with van der Waals surface area (Å²) < 4.78 is 6.08. The zero-order valence-corrected chi connectivity index (χ0v) is 15.4. The van der Waals surface area contributed by atoms with Crippen LogP contribution in [0.4, 0.5) is 23.1 Å². The summed E-state index contributed by atoms with van der Waals surface area (Å²) >= 11 is 0. The maximum Gasteiger partial charge on any atom is 0.222 e. The molecule has 142 valence electrons. The van der Waals surface area contributed by atoms with Gasteiger partial charge in [-0.1, -0.05) is 19.1 Å². The predicted molar refractivity (Wildman–Crippen MR) is 112 cm³/mol. The number of hydrogen-bond acceptors (Lipinski definition) is 8. The Hall–Kier alpha value is -3.81. The highest BCUT2D eigenvalue weighted by Crippen LogP contribution is 2.40. The number of aliphatic imine (C=N–C) groups is 1. The van der Waals surface area contributed by atoms with Gasteiger partial charge in [0.15, 0.2) is 5.75 Å². The summed E-state index contributed by atoms with van der Waals surface area (Å²) in [7, 11) is 0. The van der Waals surface area contributed by atoms with Gasteiger partial charge in [-0.05, 0) is 30.7 Å². The second-order valence-electron chi connectivity index (χ2n) is 6.43. The number of para-hydroxylation sites is 2. The topological polar surface area (TPSA) is 137 Å². The smallest absolute Gasteiger partial charge is 0.222 e. The third kappa shape index (κ3) is 3.27. The zero-order valence-electron chi connectivity index (χ0n) is 15.4. The summed E-state index contributed by atoms with van der Waals surface area (Å²) in [4.78, 5) is 13.0. The lowest BCUT2D eigenvalue weighted by molar-refractivity contribution is 0.485. The van der Waals surface area contributed by atoms with Crippen molar-refractivity contribution in [1.29, 1.82) is 0 Å². The van der Waals surface area contributed by atoms with Gasteiger partial charge in [0, 0.05) is 23.9 Å². The molecular weight excluding hydrogens is 354 g/mol. The molecule has 0 spiro atoms. The number of ether oxygens (including phenoxy) is 1. The number of nitrogens with two attached hydrogens (primary N) is 3. The average molecular weight is 375 g/mol. The van der Waals surface area contributed by atoms with Crippen molar-refractivity contribution in [3.05, 3.63) is 48.0 Å². The second-order valence-corrected chi connectivity index (χ2v) is 6.43. The summed E-state index contributed by atoms with van der Waals surface area (Å²) in [6.07, 6.45) is 0.969. The Morgan fingerprint density at radius 3 is 2.64 bits per heavy atom. The van der Waals surface area contributed by atoms with E-state index in [9.17, 15) is 0 Å². The van der Waals surface area contributed by atoms with Gasteiger partial charge in [0.25, 0.3) is 0 Å². The third-order valence-electron chi connectivity index (χ3n) is 4.31. The van der Waals surface area contributed by atoms with Crippen LogP contribution in [0.15, 0.2) is 47.5 Å². The van der Waals surface area contributed by atoms with E-state index in [4.69, 9.17) is 21.9 Å². The second kappa shape index (κ2) is 7.07. The molecule has 28 heavy (non-hydrogen) atoms. The van der Waals surface area contributed by atoms with Crippen LogP contribution in [0.1, 0.15) is 18.9 Å². The van der Waals surface area contributed by atoms with Gasteiger partial charge in [0.2, 0.25) is 5.95 Å². The van der Waals surface area contributed by atoms with Crippen molar-refractivity contribution in [2.75, 3.05) is 23.3 Å². The number of rotatable bonds is 4. The Kier molecular flexibility index (Phi) is 4.44. The molecule has 8 heteroatoms. The maximum atomic E-state index is 6.30. The minimum atomic E-state index is 0.178. The van der Waals surface area contributed by atoms with Gasteiger partial charge >= 0.3 is 0 Å². The number of hydrogen-bond donors (Lipinski definition) is 4. The van der Waals surface area contributed by atoms with Crippen molar-refractivity contribution in [3.8, 4) is 22.8 Å². The van der Waals surface area contributed by atoms with E-state index in [2.05, 4.69) is 27.2 Å². The molecule has 4 rings (SSSR count). The molecule has 1 aromatic heterocycles. The van der Waals surface area contributed by atoms with E-state index >= 15 is 0 Å². The van der Waals surface area contributed by atoms with Crippen LogP contribution in [-0.4, -0.2) is 22.3 Å². The van der Waals surface area contributed by atoms with Gasteiger partial charge in [-0.25, -0.2) is 9.98 Å². The van der Waals surface area contributed by atoms with Crippen LogP contribution in [0.3, 0.4) is 0 Å². The van der Waals surface area contributed by atoms with E-state index in [-0.39, 0.29) is 5.95 Å². The van der Waals surface area contributed by atoms with Crippen molar-refractivity contribution >= 4 is 29.0 Å². The first kappa shape index (κ1) is 17.6. The first-order chi connectivity index (χ1) is 13.5. The molecule has 0 aliphatic carbocycles. The lowest BCUT2D eigenvalue weighted by atomic mass is 10.0. The van der Waals surface area contributed by atoms with Crippen LogP contribution in [0.25, 0.3) is 11.3 Å². The zero-order chi connectivity index (χ0) is 19.7. The SMILES string of the molecule is CCCNc1cc(-c2cc(N)c3c(c2)Oc2ccccc2N=C3N)nc(N)n1. The summed E-state index contributed by atoms with van der Waals surface area (Å²) in [6.45, 7) is 2.86. The largest absolute Gasteiger partial charge is 0.454 e. The van der Waals surface area contributed by atoms with Gasteiger partial charge in [-0.3, -0.25) is 0 Å². The standard InChI is InChI=1S/C20H21N7O/c1-2-7-24-17-10-14(26-20(23)27-17)11-8-12(21)18-16(9-11)28-15-6-4-3-5-13(15)25-19(18)22/h3-6,8-10H,2,7,21H2,1H3,(H2,22,25)(H3,23,24,26,27). The fourth-order valence-electron chi connectivity index (χ4n) is 3.04. The van der Waals surface area contributed by atoms with Crippen molar-refractivity contribution in [2.24, 2.45) is 10.7 Å². The normalized spacial score (nSPS) is 12.2. The molecular formula is C20H21N7O. The number of aromatic nitrogens is 2. The first-order valence-electron chi connectivity index (χ1n) is 8.99. The average Bonchev–Trinajstić information content (AvgIpc) is 2.81. The Morgan fingerprint density at radius 2 is 1.82 bits per heavy atom. The van der Waals surface area contributed by atoms with Crippen molar-refractivity contribution < 1.29 is 4.74 Å². The van der Waals surface area contributed by atoms with Crippen molar-refractivity contribution in [1.82, 2.24) is 9.97 Å². The number of nitrogens with zero attached hydrogens (tertiary/aromatic N) is 3.